The van der Waals surface area contributed by atoms with Gasteiger partial charge >= 0.3 is 0 Å². The van der Waals surface area contributed by atoms with E-state index in [-0.39, 0.29) is 23.4 Å². The van der Waals surface area contributed by atoms with Crippen molar-refractivity contribution in [3.8, 4) is 5.75 Å². The smallest absolute Gasteiger partial charge is 0.241 e. The van der Waals surface area contributed by atoms with Crippen LogP contribution >= 0.6 is 0 Å². The number of ether oxygens (including phenoxy) is 2. The highest BCUT2D eigenvalue weighted by atomic mass is 16.6. The highest BCUT2D eigenvalue weighted by Crippen LogP contribution is 2.59. The molecule has 5 heteroatoms. The van der Waals surface area contributed by atoms with Crippen molar-refractivity contribution in [3.05, 3.63) is 65.7 Å². The lowest BCUT2D eigenvalue weighted by molar-refractivity contribution is -0.217. The molecule has 2 aromatic rings. The summed E-state index contributed by atoms with van der Waals surface area (Å²) >= 11 is 0. The molecule has 0 spiro atoms. The van der Waals surface area contributed by atoms with Crippen LogP contribution in [0.5, 0.6) is 5.75 Å². The number of rotatable bonds is 5. The van der Waals surface area contributed by atoms with E-state index in [0.29, 0.717) is 19.6 Å². The fraction of sp³-hybridized carbons (Fsp3) is 0.458. The molecule has 1 amide bonds. The first kappa shape index (κ1) is 18.6. The summed E-state index contributed by atoms with van der Waals surface area (Å²) in [6, 6.07) is 18.5. The molecule has 0 bridgehead atoms. The van der Waals surface area contributed by atoms with E-state index in [9.17, 15) is 4.79 Å². The van der Waals surface area contributed by atoms with Gasteiger partial charge in [-0.05, 0) is 50.5 Å². The van der Waals surface area contributed by atoms with Gasteiger partial charge in [0.05, 0.1) is 6.04 Å². The number of hydrazine groups is 1. The normalized spacial score (nSPS) is 29.6. The van der Waals surface area contributed by atoms with Crippen LogP contribution < -0.4 is 4.74 Å². The monoisotopic (exact) mass is 392 g/mol. The number of fused-ring (bicyclic) bond motifs is 5. The van der Waals surface area contributed by atoms with Crippen molar-refractivity contribution < 1.29 is 14.3 Å². The molecule has 0 radical (unpaired) electrons. The summed E-state index contributed by atoms with van der Waals surface area (Å²) in [6.45, 7) is 7.15. The molecule has 1 aliphatic carbocycles. The number of amides is 1. The highest BCUT2D eigenvalue weighted by molar-refractivity contribution is 5.81. The molecule has 2 saturated heterocycles. The molecule has 0 N–H and O–H groups in total. The SMILES string of the molecule is CCOC1(COc2ccccc2)C2Cc3ccccc3C2N2N1C(=O)CC2(C)C. The third-order valence-corrected chi connectivity index (χ3v) is 6.63. The van der Waals surface area contributed by atoms with E-state index >= 15 is 0 Å². The summed E-state index contributed by atoms with van der Waals surface area (Å²) in [5, 5.41) is 4.20. The van der Waals surface area contributed by atoms with E-state index in [2.05, 4.69) is 43.1 Å². The van der Waals surface area contributed by atoms with Gasteiger partial charge in [-0.2, -0.15) is 0 Å². The largest absolute Gasteiger partial charge is 0.489 e. The van der Waals surface area contributed by atoms with E-state index in [1.807, 2.05) is 42.3 Å². The van der Waals surface area contributed by atoms with Crippen LogP contribution in [-0.2, 0) is 16.0 Å². The lowest BCUT2D eigenvalue weighted by Gasteiger charge is -2.41. The number of carbonyl (C=O) groups excluding carboxylic acids is 1. The molecule has 2 fully saturated rings. The predicted molar refractivity (Wildman–Crippen MR) is 110 cm³/mol. The van der Waals surface area contributed by atoms with Crippen molar-refractivity contribution in [3.63, 3.8) is 0 Å². The minimum atomic E-state index is -0.806. The Hall–Kier alpha value is -2.37. The van der Waals surface area contributed by atoms with Crippen molar-refractivity contribution in [1.29, 1.82) is 0 Å². The Labute approximate surface area is 172 Å². The zero-order chi connectivity index (χ0) is 20.2. The van der Waals surface area contributed by atoms with Gasteiger partial charge in [0.15, 0.2) is 5.72 Å². The lowest BCUT2D eigenvalue weighted by Crippen LogP contribution is -2.58. The van der Waals surface area contributed by atoms with E-state index < -0.39 is 5.72 Å². The van der Waals surface area contributed by atoms with Gasteiger partial charge in [0.2, 0.25) is 5.91 Å². The maximum absolute atomic E-state index is 13.3. The Kier molecular flexibility index (Phi) is 4.23. The Bertz CT molecular complexity index is 929. The molecular weight excluding hydrogens is 364 g/mol. The topological polar surface area (TPSA) is 42.0 Å². The number of benzene rings is 2. The van der Waals surface area contributed by atoms with Crippen LogP contribution in [0.3, 0.4) is 0 Å². The molecule has 152 valence electrons. The molecule has 29 heavy (non-hydrogen) atoms. The maximum Gasteiger partial charge on any atom is 0.241 e. The van der Waals surface area contributed by atoms with Crippen LogP contribution in [0.2, 0.25) is 0 Å². The van der Waals surface area contributed by atoms with E-state index in [4.69, 9.17) is 9.47 Å². The van der Waals surface area contributed by atoms with Gasteiger partial charge < -0.3 is 9.47 Å². The third-order valence-electron chi connectivity index (χ3n) is 6.63. The fourth-order valence-electron chi connectivity index (χ4n) is 5.58. The second-order valence-electron chi connectivity index (χ2n) is 8.87. The van der Waals surface area contributed by atoms with Crippen molar-refractivity contribution in [2.75, 3.05) is 13.2 Å². The number of para-hydroxylation sites is 1. The number of nitrogens with zero attached hydrogens (tertiary/aromatic N) is 2. The minimum absolute atomic E-state index is 0.118. The summed E-state index contributed by atoms with van der Waals surface area (Å²) in [5.74, 6) is 1.04. The Balaban J connectivity index is 1.61. The molecule has 3 aliphatic rings. The quantitative estimate of drug-likeness (QED) is 0.773. The second-order valence-corrected chi connectivity index (χ2v) is 8.87. The number of hydrogen-bond acceptors (Lipinski definition) is 4. The van der Waals surface area contributed by atoms with Crippen molar-refractivity contribution >= 4 is 5.91 Å². The first-order valence-electron chi connectivity index (χ1n) is 10.5. The average Bonchev–Trinajstić information content (AvgIpc) is 3.29. The molecule has 0 aromatic heterocycles. The molecule has 5 nitrogen and oxygen atoms in total. The van der Waals surface area contributed by atoms with Gasteiger partial charge in [-0.15, -0.1) is 0 Å². The van der Waals surface area contributed by atoms with Crippen LogP contribution in [0.4, 0.5) is 0 Å². The summed E-state index contributed by atoms with van der Waals surface area (Å²) in [5.41, 5.74) is 1.59. The first-order valence-corrected chi connectivity index (χ1v) is 10.5. The number of hydrogen-bond donors (Lipinski definition) is 0. The summed E-state index contributed by atoms with van der Waals surface area (Å²) < 4.78 is 12.7. The molecular formula is C24H28N2O3. The number of carbonyl (C=O) groups is 1. The molecule has 2 heterocycles. The second kappa shape index (κ2) is 6.57. The standard InChI is InChI=1S/C24H28N2O3/c1-4-29-24(16-28-18-11-6-5-7-12-18)20-14-17-10-8-9-13-19(17)22(20)26-23(2,3)15-21(27)25(24)26/h5-13,20,22H,4,14-16H2,1-3H3. The van der Waals surface area contributed by atoms with Gasteiger partial charge in [-0.25, -0.2) is 10.0 Å². The van der Waals surface area contributed by atoms with Gasteiger partial charge in [-0.3, -0.25) is 4.79 Å². The molecule has 5 rings (SSSR count). The van der Waals surface area contributed by atoms with Gasteiger partial charge in [0.25, 0.3) is 0 Å². The zero-order valence-corrected chi connectivity index (χ0v) is 17.3. The fourth-order valence-corrected chi connectivity index (χ4v) is 5.58. The first-order chi connectivity index (χ1) is 14.0. The van der Waals surface area contributed by atoms with Gasteiger partial charge in [-0.1, -0.05) is 42.5 Å². The third kappa shape index (κ3) is 2.64. The lowest BCUT2D eigenvalue weighted by atomic mass is 9.88. The summed E-state index contributed by atoms with van der Waals surface area (Å²) in [7, 11) is 0. The van der Waals surface area contributed by atoms with Crippen molar-refractivity contribution in [2.45, 2.75) is 50.9 Å². The Morgan fingerprint density at radius 3 is 2.55 bits per heavy atom. The molecule has 2 aromatic carbocycles. The average molecular weight is 392 g/mol. The van der Waals surface area contributed by atoms with E-state index in [0.717, 1.165) is 12.2 Å². The molecule has 3 unspecified atom stereocenters. The van der Waals surface area contributed by atoms with Gasteiger partial charge in [0.1, 0.15) is 12.4 Å². The Morgan fingerprint density at radius 2 is 1.79 bits per heavy atom. The maximum atomic E-state index is 13.3. The molecule has 2 aliphatic heterocycles. The van der Waals surface area contributed by atoms with Crippen LogP contribution in [0.25, 0.3) is 0 Å². The molecule has 3 atom stereocenters. The van der Waals surface area contributed by atoms with Crippen LogP contribution in [0.15, 0.2) is 54.6 Å². The van der Waals surface area contributed by atoms with Crippen molar-refractivity contribution in [1.82, 2.24) is 10.0 Å². The van der Waals surface area contributed by atoms with Crippen LogP contribution in [-0.4, -0.2) is 40.4 Å². The van der Waals surface area contributed by atoms with Gasteiger partial charge in [0, 0.05) is 24.5 Å². The summed E-state index contributed by atoms with van der Waals surface area (Å²) in [6.07, 6.45) is 1.37. The zero-order valence-electron chi connectivity index (χ0n) is 17.3. The predicted octanol–water partition coefficient (Wildman–Crippen LogP) is 3.95. The molecule has 0 saturated carbocycles. The van der Waals surface area contributed by atoms with Crippen LogP contribution in [0, 0.1) is 5.92 Å². The highest BCUT2D eigenvalue weighted by Gasteiger charge is 2.69. The van der Waals surface area contributed by atoms with Crippen molar-refractivity contribution in [2.24, 2.45) is 5.92 Å². The van der Waals surface area contributed by atoms with E-state index in [1.165, 1.54) is 11.1 Å². The summed E-state index contributed by atoms with van der Waals surface area (Å²) in [4.78, 5) is 13.3. The van der Waals surface area contributed by atoms with Crippen LogP contribution in [0.1, 0.15) is 44.4 Å². The van der Waals surface area contributed by atoms with E-state index in [1.54, 1.807) is 0 Å². The minimum Gasteiger partial charge on any atom is -0.489 e. The Morgan fingerprint density at radius 1 is 1.07 bits per heavy atom.